The Balaban J connectivity index is 1.62. The summed E-state index contributed by atoms with van der Waals surface area (Å²) in [7, 11) is 0. The molecule has 4 aromatic rings. The molecule has 2 N–H and O–H groups in total. The molecule has 0 saturated heterocycles. The minimum atomic E-state index is -0.924. The Hall–Kier alpha value is -4.30. The zero-order valence-corrected chi connectivity index (χ0v) is 21.3. The number of hydrogen-bond acceptors (Lipinski definition) is 4. The minimum absolute atomic E-state index is 0.0446. The number of hydrogen-bond donors (Lipinski definition) is 2. The Bertz CT molecular complexity index is 1320. The van der Waals surface area contributed by atoms with Gasteiger partial charge in [-0.25, -0.2) is 0 Å². The summed E-state index contributed by atoms with van der Waals surface area (Å²) >= 11 is 3.38. The van der Waals surface area contributed by atoms with Gasteiger partial charge in [0.15, 0.2) is 0 Å². The third-order valence-electron chi connectivity index (χ3n) is 5.86. The average molecular weight is 558 g/mol. The van der Waals surface area contributed by atoms with Gasteiger partial charge >= 0.3 is 0 Å². The highest BCUT2D eigenvalue weighted by Crippen LogP contribution is 2.25. The summed E-state index contributed by atoms with van der Waals surface area (Å²) in [5.41, 5.74) is 2.82. The highest BCUT2D eigenvalue weighted by Gasteiger charge is 2.28. The van der Waals surface area contributed by atoms with Crippen molar-refractivity contribution in [3.05, 3.63) is 140 Å². The standard InChI is InChI=1S/C29H24BrN3O4/c30-23-13-15-24(16-14-23)31-28(34)26(19-20-11-17-25(18-12-20)33(36)37)32-29(35)27(21-7-3-1-4-8-21)22-9-5-2-6-10-22/h1-18,26-27H,19H2,(H,31,34)(H,32,35)/t26-/m1/s1. The number of anilines is 1. The molecule has 0 aliphatic carbocycles. The van der Waals surface area contributed by atoms with Crippen LogP contribution in [-0.2, 0) is 16.0 Å². The number of nitrogens with one attached hydrogen (secondary N) is 2. The zero-order chi connectivity index (χ0) is 26.2. The van der Waals surface area contributed by atoms with E-state index in [1.807, 2.05) is 60.7 Å². The molecule has 8 heteroatoms. The van der Waals surface area contributed by atoms with E-state index in [1.165, 1.54) is 12.1 Å². The summed E-state index contributed by atoms with van der Waals surface area (Å²) in [6.07, 6.45) is 0.155. The maximum atomic E-state index is 13.7. The predicted molar refractivity (Wildman–Crippen MR) is 146 cm³/mol. The first kappa shape index (κ1) is 25.8. The van der Waals surface area contributed by atoms with Crippen molar-refractivity contribution >= 4 is 39.1 Å². The van der Waals surface area contributed by atoms with E-state index in [-0.39, 0.29) is 18.0 Å². The van der Waals surface area contributed by atoms with Gasteiger partial charge in [0.2, 0.25) is 11.8 Å². The highest BCUT2D eigenvalue weighted by atomic mass is 79.9. The van der Waals surface area contributed by atoms with Gasteiger partial charge in [-0.05, 0) is 41.0 Å². The van der Waals surface area contributed by atoms with Gasteiger partial charge in [-0.15, -0.1) is 0 Å². The minimum Gasteiger partial charge on any atom is -0.343 e. The molecule has 0 aliphatic rings. The lowest BCUT2D eigenvalue weighted by molar-refractivity contribution is -0.384. The number of non-ortho nitro benzene ring substituents is 1. The average Bonchev–Trinajstić information content (AvgIpc) is 2.91. The van der Waals surface area contributed by atoms with Crippen LogP contribution in [0.25, 0.3) is 0 Å². The van der Waals surface area contributed by atoms with Crippen LogP contribution in [0.2, 0.25) is 0 Å². The number of rotatable bonds is 9. The molecule has 0 aromatic heterocycles. The predicted octanol–water partition coefficient (Wildman–Crippen LogP) is 5.86. The maximum absolute atomic E-state index is 13.7. The van der Waals surface area contributed by atoms with Crippen LogP contribution in [0.5, 0.6) is 0 Å². The number of benzene rings is 4. The number of amides is 2. The molecule has 0 bridgehead atoms. The maximum Gasteiger partial charge on any atom is 0.269 e. The number of nitrogens with zero attached hydrogens (tertiary/aromatic N) is 1. The Morgan fingerprint density at radius 2 is 1.30 bits per heavy atom. The molecule has 2 amide bonds. The normalized spacial score (nSPS) is 11.5. The topological polar surface area (TPSA) is 101 Å². The lowest BCUT2D eigenvalue weighted by atomic mass is 9.90. The fraction of sp³-hybridized carbons (Fsp3) is 0.103. The molecule has 1 atom stereocenters. The van der Waals surface area contributed by atoms with Gasteiger partial charge in [-0.3, -0.25) is 19.7 Å². The third kappa shape index (κ3) is 6.89. The van der Waals surface area contributed by atoms with Crippen LogP contribution in [0.1, 0.15) is 22.6 Å². The molecule has 0 fully saturated rings. The quantitative estimate of drug-likeness (QED) is 0.199. The van der Waals surface area contributed by atoms with E-state index in [2.05, 4.69) is 26.6 Å². The number of carbonyl (C=O) groups excluding carboxylic acids is 2. The molecule has 4 aromatic carbocycles. The molecule has 0 radical (unpaired) electrons. The van der Waals surface area contributed by atoms with Crippen molar-refractivity contribution in [1.29, 1.82) is 0 Å². The van der Waals surface area contributed by atoms with Gasteiger partial charge in [0.1, 0.15) is 6.04 Å². The van der Waals surface area contributed by atoms with Crippen molar-refractivity contribution < 1.29 is 14.5 Å². The highest BCUT2D eigenvalue weighted by molar-refractivity contribution is 9.10. The van der Waals surface area contributed by atoms with Crippen LogP contribution in [0.15, 0.2) is 114 Å². The molecular formula is C29H24BrN3O4. The van der Waals surface area contributed by atoms with E-state index >= 15 is 0 Å². The van der Waals surface area contributed by atoms with Crippen LogP contribution in [0.3, 0.4) is 0 Å². The zero-order valence-electron chi connectivity index (χ0n) is 19.7. The largest absolute Gasteiger partial charge is 0.343 e. The number of nitro benzene ring substituents is 1. The molecule has 186 valence electrons. The van der Waals surface area contributed by atoms with Crippen molar-refractivity contribution in [2.24, 2.45) is 0 Å². The fourth-order valence-electron chi connectivity index (χ4n) is 4.00. The van der Waals surface area contributed by atoms with Gasteiger partial charge in [-0.1, -0.05) is 88.7 Å². The van der Waals surface area contributed by atoms with Gasteiger partial charge in [0.25, 0.3) is 5.69 Å². The Morgan fingerprint density at radius 3 is 1.81 bits per heavy atom. The lowest BCUT2D eigenvalue weighted by Crippen LogP contribution is -2.47. The SMILES string of the molecule is O=C(N[C@H](Cc1ccc([N+](=O)[O-])cc1)C(=O)Nc1ccc(Br)cc1)C(c1ccccc1)c1ccccc1. The number of carbonyl (C=O) groups is 2. The fourth-order valence-corrected chi connectivity index (χ4v) is 4.27. The van der Waals surface area contributed by atoms with E-state index in [4.69, 9.17) is 0 Å². The lowest BCUT2D eigenvalue weighted by Gasteiger charge is -2.23. The summed E-state index contributed by atoms with van der Waals surface area (Å²) in [6, 6.07) is 30.9. The second kappa shape index (κ2) is 12.1. The second-order valence-corrected chi connectivity index (χ2v) is 9.36. The second-order valence-electron chi connectivity index (χ2n) is 8.44. The van der Waals surface area contributed by atoms with Crippen molar-refractivity contribution in [2.75, 3.05) is 5.32 Å². The van der Waals surface area contributed by atoms with Crippen molar-refractivity contribution in [2.45, 2.75) is 18.4 Å². The molecular weight excluding hydrogens is 534 g/mol. The number of halogens is 1. The van der Waals surface area contributed by atoms with Crippen molar-refractivity contribution in [3.8, 4) is 0 Å². The molecule has 37 heavy (non-hydrogen) atoms. The van der Waals surface area contributed by atoms with Gasteiger partial charge in [0, 0.05) is 28.7 Å². The molecule has 0 unspecified atom stereocenters. The molecule has 0 heterocycles. The molecule has 4 rings (SSSR count). The Morgan fingerprint density at radius 1 is 0.757 bits per heavy atom. The number of nitro groups is 1. The van der Waals surface area contributed by atoms with Gasteiger partial charge in [-0.2, -0.15) is 0 Å². The van der Waals surface area contributed by atoms with Gasteiger partial charge in [0.05, 0.1) is 10.8 Å². The Kier molecular flexibility index (Phi) is 8.43. The summed E-state index contributed by atoms with van der Waals surface area (Å²) in [4.78, 5) is 37.6. The molecule has 0 aliphatic heterocycles. The molecule has 7 nitrogen and oxygen atoms in total. The first-order chi connectivity index (χ1) is 17.9. The summed E-state index contributed by atoms with van der Waals surface area (Å²) in [6.45, 7) is 0. The summed E-state index contributed by atoms with van der Waals surface area (Å²) < 4.78 is 0.870. The van der Waals surface area contributed by atoms with Crippen LogP contribution in [-0.4, -0.2) is 22.8 Å². The van der Waals surface area contributed by atoms with Crippen LogP contribution in [0, 0.1) is 10.1 Å². The molecule has 0 spiro atoms. The van der Waals surface area contributed by atoms with E-state index in [1.54, 1.807) is 36.4 Å². The van der Waals surface area contributed by atoms with E-state index in [9.17, 15) is 19.7 Å². The molecule has 0 saturated carbocycles. The van der Waals surface area contributed by atoms with Crippen LogP contribution >= 0.6 is 15.9 Å². The van der Waals surface area contributed by atoms with Crippen LogP contribution < -0.4 is 10.6 Å². The van der Waals surface area contributed by atoms with E-state index in [0.29, 0.717) is 11.3 Å². The van der Waals surface area contributed by atoms with E-state index in [0.717, 1.165) is 15.6 Å². The van der Waals surface area contributed by atoms with Crippen molar-refractivity contribution in [1.82, 2.24) is 5.32 Å². The van der Waals surface area contributed by atoms with E-state index < -0.39 is 22.8 Å². The first-order valence-corrected chi connectivity index (χ1v) is 12.4. The van der Waals surface area contributed by atoms with Gasteiger partial charge < -0.3 is 10.6 Å². The first-order valence-electron chi connectivity index (χ1n) is 11.6. The van der Waals surface area contributed by atoms with Crippen molar-refractivity contribution in [3.63, 3.8) is 0 Å². The monoisotopic (exact) mass is 557 g/mol. The summed E-state index contributed by atoms with van der Waals surface area (Å²) in [5, 5.41) is 16.8. The third-order valence-corrected chi connectivity index (χ3v) is 6.39. The Labute approximate surface area is 222 Å². The smallest absolute Gasteiger partial charge is 0.269 e. The summed E-state index contributed by atoms with van der Waals surface area (Å²) in [5.74, 6) is -1.34. The van der Waals surface area contributed by atoms with Crippen LogP contribution in [0.4, 0.5) is 11.4 Å².